The van der Waals surface area contributed by atoms with Crippen LogP contribution < -0.4 is 5.32 Å². The van der Waals surface area contributed by atoms with Crippen LogP contribution in [-0.2, 0) is 17.6 Å². The number of ether oxygens (including phenoxy) is 1. The van der Waals surface area contributed by atoms with E-state index in [2.05, 4.69) is 18.4 Å². The minimum atomic E-state index is 0.515. The molecule has 3 heteroatoms. The summed E-state index contributed by atoms with van der Waals surface area (Å²) in [7, 11) is 3.84. The fourth-order valence-electron chi connectivity index (χ4n) is 2.55. The van der Waals surface area contributed by atoms with Crippen LogP contribution in [0.25, 0.3) is 0 Å². The van der Waals surface area contributed by atoms with Gasteiger partial charge >= 0.3 is 0 Å². The lowest BCUT2D eigenvalue weighted by Crippen LogP contribution is -2.15. The van der Waals surface area contributed by atoms with E-state index in [1.54, 1.807) is 17.6 Å². The van der Waals surface area contributed by atoms with E-state index >= 15 is 0 Å². The van der Waals surface area contributed by atoms with Gasteiger partial charge < -0.3 is 10.1 Å². The summed E-state index contributed by atoms with van der Waals surface area (Å²) >= 11 is 2.02. The predicted molar refractivity (Wildman–Crippen MR) is 73.9 cm³/mol. The minimum Gasteiger partial charge on any atom is -0.385 e. The summed E-state index contributed by atoms with van der Waals surface area (Å²) in [5.41, 5.74) is 1.61. The first kappa shape index (κ1) is 13.1. The van der Waals surface area contributed by atoms with Crippen LogP contribution in [0.1, 0.15) is 47.0 Å². The van der Waals surface area contributed by atoms with Gasteiger partial charge in [-0.2, -0.15) is 0 Å². The molecule has 1 atom stereocenters. The van der Waals surface area contributed by atoms with Gasteiger partial charge in [0.2, 0.25) is 0 Å². The Morgan fingerprint density at radius 3 is 2.94 bits per heavy atom. The summed E-state index contributed by atoms with van der Waals surface area (Å²) in [5, 5.41) is 3.44. The maximum absolute atomic E-state index is 5.13. The van der Waals surface area contributed by atoms with E-state index in [9.17, 15) is 0 Å². The molecule has 2 nitrogen and oxygen atoms in total. The van der Waals surface area contributed by atoms with E-state index in [0.717, 1.165) is 13.0 Å². The molecule has 0 aliphatic heterocycles. The molecular formula is C14H23NOS. The largest absolute Gasteiger partial charge is 0.385 e. The molecule has 0 aromatic carbocycles. The highest BCUT2D eigenvalue weighted by molar-refractivity contribution is 7.12. The van der Waals surface area contributed by atoms with E-state index in [0.29, 0.717) is 6.04 Å². The molecular weight excluding hydrogens is 230 g/mol. The van der Waals surface area contributed by atoms with Crippen molar-refractivity contribution in [2.24, 2.45) is 0 Å². The zero-order chi connectivity index (χ0) is 12.1. The van der Waals surface area contributed by atoms with Crippen molar-refractivity contribution in [1.29, 1.82) is 0 Å². The summed E-state index contributed by atoms with van der Waals surface area (Å²) in [6.45, 7) is 0.864. The monoisotopic (exact) mass is 253 g/mol. The number of nitrogens with one attached hydrogen (secondary N) is 1. The van der Waals surface area contributed by atoms with Crippen molar-refractivity contribution in [2.75, 3.05) is 20.8 Å². The lowest BCUT2D eigenvalue weighted by Gasteiger charge is -2.13. The van der Waals surface area contributed by atoms with Crippen LogP contribution in [0.4, 0.5) is 0 Å². The molecule has 17 heavy (non-hydrogen) atoms. The van der Waals surface area contributed by atoms with Gasteiger partial charge in [-0.1, -0.05) is 0 Å². The van der Waals surface area contributed by atoms with Crippen molar-refractivity contribution in [1.82, 2.24) is 5.32 Å². The highest BCUT2D eigenvalue weighted by Gasteiger charge is 2.17. The predicted octanol–water partition coefficient (Wildman–Crippen LogP) is 3.31. The average Bonchev–Trinajstić information content (AvgIpc) is 2.78. The standard InChI is InChI=1S/C14H23NOS/c1-15-12(7-5-9-16-2)14-10-11-6-3-4-8-13(11)17-14/h10,12,15H,3-9H2,1-2H3. The van der Waals surface area contributed by atoms with Gasteiger partial charge in [-0.05, 0) is 57.2 Å². The Morgan fingerprint density at radius 1 is 1.41 bits per heavy atom. The minimum absolute atomic E-state index is 0.515. The number of hydrogen-bond acceptors (Lipinski definition) is 3. The maximum Gasteiger partial charge on any atom is 0.0462 e. The molecule has 1 N–H and O–H groups in total. The van der Waals surface area contributed by atoms with E-state index in [4.69, 9.17) is 4.74 Å². The molecule has 1 aliphatic rings. The Bertz CT molecular complexity index is 324. The number of thiophene rings is 1. The number of aryl methyl sites for hydroxylation is 2. The van der Waals surface area contributed by atoms with Crippen LogP contribution in [0.15, 0.2) is 6.07 Å². The third-order valence-electron chi connectivity index (χ3n) is 3.55. The number of rotatable bonds is 6. The lowest BCUT2D eigenvalue weighted by atomic mass is 9.98. The zero-order valence-corrected chi connectivity index (χ0v) is 11.7. The Balaban J connectivity index is 2.00. The summed E-state index contributed by atoms with van der Waals surface area (Å²) in [6, 6.07) is 2.95. The van der Waals surface area contributed by atoms with Gasteiger partial charge in [-0.15, -0.1) is 11.3 Å². The summed E-state index contributed by atoms with van der Waals surface area (Å²) in [6.07, 6.45) is 7.64. The number of hydrogen-bond donors (Lipinski definition) is 1. The molecule has 0 radical (unpaired) electrons. The van der Waals surface area contributed by atoms with Crippen LogP contribution >= 0.6 is 11.3 Å². The molecule has 2 rings (SSSR count). The van der Waals surface area contributed by atoms with Gasteiger partial charge in [-0.3, -0.25) is 0 Å². The summed E-state index contributed by atoms with van der Waals surface area (Å²) < 4.78 is 5.13. The molecule has 0 saturated carbocycles. The molecule has 0 amide bonds. The normalized spacial score (nSPS) is 16.8. The Hall–Kier alpha value is -0.380. The van der Waals surface area contributed by atoms with Gasteiger partial charge in [0.15, 0.2) is 0 Å². The highest BCUT2D eigenvalue weighted by atomic mass is 32.1. The van der Waals surface area contributed by atoms with Crippen LogP contribution in [0.3, 0.4) is 0 Å². The fourth-order valence-corrected chi connectivity index (χ4v) is 3.95. The third-order valence-corrected chi connectivity index (χ3v) is 4.90. The molecule has 1 unspecified atom stereocenters. The topological polar surface area (TPSA) is 21.3 Å². The average molecular weight is 253 g/mol. The molecule has 0 saturated heterocycles. The van der Waals surface area contributed by atoms with Crippen LogP contribution in [0.5, 0.6) is 0 Å². The van der Waals surface area contributed by atoms with Gasteiger partial charge in [0, 0.05) is 29.5 Å². The SMILES string of the molecule is CNC(CCCOC)c1cc2c(s1)CCCC2. The van der Waals surface area contributed by atoms with Gasteiger partial charge in [0.1, 0.15) is 0 Å². The van der Waals surface area contributed by atoms with E-state index in [1.165, 1.54) is 37.0 Å². The molecule has 96 valence electrons. The van der Waals surface area contributed by atoms with Gasteiger partial charge in [-0.25, -0.2) is 0 Å². The lowest BCUT2D eigenvalue weighted by molar-refractivity contribution is 0.189. The number of fused-ring (bicyclic) bond motifs is 1. The molecule has 0 fully saturated rings. The molecule has 1 aromatic heterocycles. The van der Waals surface area contributed by atoms with Crippen molar-refractivity contribution in [3.63, 3.8) is 0 Å². The highest BCUT2D eigenvalue weighted by Crippen LogP contribution is 2.34. The van der Waals surface area contributed by atoms with E-state index < -0.39 is 0 Å². The smallest absolute Gasteiger partial charge is 0.0462 e. The van der Waals surface area contributed by atoms with Crippen LogP contribution in [-0.4, -0.2) is 20.8 Å². The van der Waals surface area contributed by atoms with Crippen molar-refractivity contribution in [2.45, 2.75) is 44.6 Å². The van der Waals surface area contributed by atoms with Crippen molar-refractivity contribution in [3.8, 4) is 0 Å². The first-order valence-electron chi connectivity index (χ1n) is 6.63. The second-order valence-electron chi connectivity index (χ2n) is 4.78. The quantitative estimate of drug-likeness (QED) is 0.785. The first-order valence-corrected chi connectivity index (χ1v) is 7.44. The molecule has 1 aromatic rings. The fraction of sp³-hybridized carbons (Fsp3) is 0.714. The second-order valence-corrected chi connectivity index (χ2v) is 5.95. The summed E-state index contributed by atoms with van der Waals surface area (Å²) in [4.78, 5) is 3.16. The number of methoxy groups -OCH3 is 1. The van der Waals surface area contributed by atoms with Crippen LogP contribution in [0.2, 0.25) is 0 Å². The third kappa shape index (κ3) is 3.30. The maximum atomic E-state index is 5.13. The van der Waals surface area contributed by atoms with Crippen LogP contribution in [0, 0.1) is 0 Å². The van der Waals surface area contributed by atoms with E-state index in [1.807, 2.05) is 11.3 Å². The Morgan fingerprint density at radius 2 is 2.24 bits per heavy atom. The molecule has 0 spiro atoms. The Kier molecular flexibility index (Phi) is 5.01. The zero-order valence-electron chi connectivity index (χ0n) is 10.9. The van der Waals surface area contributed by atoms with Crippen molar-refractivity contribution < 1.29 is 4.74 Å². The molecule has 0 bridgehead atoms. The van der Waals surface area contributed by atoms with E-state index in [-0.39, 0.29) is 0 Å². The van der Waals surface area contributed by atoms with Crippen molar-refractivity contribution >= 4 is 11.3 Å². The Labute approximate surface area is 108 Å². The second kappa shape index (κ2) is 6.53. The summed E-state index contributed by atoms with van der Waals surface area (Å²) in [5.74, 6) is 0. The van der Waals surface area contributed by atoms with Gasteiger partial charge in [0.25, 0.3) is 0 Å². The van der Waals surface area contributed by atoms with Crippen molar-refractivity contribution in [3.05, 3.63) is 21.4 Å². The molecule has 1 aliphatic carbocycles. The van der Waals surface area contributed by atoms with Gasteiger partial charge in [0.05, 0.1) is 0 Å². The molecule has 1 heterocycles. The first-order chi connectivity index (χ1) is 8.35.